The topological polar surface area (TPSA) is 161 Å². The van der Waals surface area contributed by atoms with Gasteiger partial charge in [-0.25, -0.2) is 0 Å². The number of aromatic hydroxyl groups is 1. The molecule has 3 aliphatic rings. The van der Waals surface area contributed by atoms with E-state index in [1.54, 1.807) is 20.2 Å². The van der Waals surface area contributed by atoms with Gasteiger partial charge in [0.25, 0.3) is 0 Å². The third-order valence-electron chi connectivity index (χ3n) is 8.44. The lowest BCUT2D eigenvalue weighted by molar-refractivity contribution is -0.175. The minimum atomic E-state index is -2.73. The molecule has 10 nitrogen and oxygen atoms in total. The molecule has 0 aromatic heterocycles. The van der Waals surface area contributed by atoms with Crippen LogP contribution in [0.25, 0.3) is 16.9 Å². The van der Waals surface area contributed by atoms with E-state index in [9.17, 15) is 34.5 Å². The van der Waals surface area contributed by atoms with Gasteiger partial charge < -0.3 is 26.0 Å². The Balaban J connectivity index is 1.68. The van der Waals surface area contributed by atoms with Crippen LogP contribution in [0, 0.1) is 17.8 Å². The Labute approximate surface area is 225 Å². The molecule has 0 heterocycles. The fraction of sp³-hybridized carbons (Fsp3) is 0.379. The Hall–Kier alpha value is -4.02. The van der Waals surface area contributed by atoms with Gasteiger partial charge in [0.2, 0.25) is 11.7 Å². The number of carbonyl (C=O) groups is 4. The molecule has 0 radical (unpaired) electrons. The van der Waals surface area contributed by atoms with Crippen molar-refractivity contribution < 1.29 is 34.5 Å². The molecule has 204 valence electrons. The van der Waals surface area contributed by atoms with Crippen LogP contribution in [-0.2, 0) is 25.6 Å². The number of nitrogens with zero attached hydrogens (tertiary/aromatic N) is 2. The summed E-state index contributed by atoms with van der Waals surface area (Å²) < 4.78 is 0. The Bertz CT molecular complexity index is 1460. The molecule has 1 unspecified atom stereocenters. The first-order valence-electron chi connectivity index (χ1n) is 12.7. The Morgan fingerprint density at radius 2 is 1.64 bits per heavy atom. The standard InChI is InChI=1S/C29H31N3O7/c1-31(2)15-7-5-13(6-8-15)16-9-10-19(33)21-17(16)11-14-12-18-23(32(3)4)25(35)22(28(30)38)27(37)29(18,39)26(36)20(14)24(21)34/h5-10,14,18,22-23,33-34,39H,11-12H2,1-4H3,(H2,30,38)/t14-,18-,22?,23-,29-/m0/s1. The minimum Gasteiger partial charge on any atom is -0.507 e. The number of carbonyl (C=O) groups excluding carboxylic acids is 4. The maximum atomic E-state index is 13.9. The Morgan fingerprint density at radius 1 is 1.00 bits per heavy atom. The zero-order valence-corrected chi connectivity index (χ0v) is 22.1. The number of nitrogens with two attached hydrogens (primary N) is 1. The van der Waals surface area contributed by atoms with Gasteiger partial charge in [-0.05, 0) is 67.7 Å². The van der Waals surface area contributed by atoms with Gasteiger partial charge >= 0.3 is 0 Å². The van der Waals surface area contributed by atoms with E-state index in [1.807, 2.05) is 43.3 Å². The van der Waals surface area contributed by atoms with Crippen molar-refractivity contribution in [2.24, 2.45) is 23.5 Å². The molecule has 5 N–H and O–H groups in total. The molecule has 0 bridgehead atoms. The van der Waals surface area contributed by atoms with E-state index in [-0.39, 0.29) is 29.7 Å². The number of ketones is 3. The number of anilines is 1. The normalized spacial score (nSPS) is 28.2. The van der Waals surface area contributed by atoms with Gasteiger partial charge in [-0.1, -0.05) is 18.2 Å². The fourth-order valence-electron chi connectivity index (χ4n) is 6.60. The second-order valence-electron chi connectivity index (χ2n) is 11.0. The van der Waals surface area contributed by atoms with Crippen LogP contribution in [0.1, 0.15) is 17.5 Å². The van der Waals surface area contributed by atoms with Gasteiger partial charge in [0.1, 0.15) is 11.5 Å². The van der Waals surface area contributed by atoms with Crippen LogP contribution in [0.5, 0.6) is 5.75 Å². The number of amides is 1. The molecule has 2 aromatic rings. The molecular formula is C29H31N3O7. The maximum Gasteiger partial charge on any atom is 0.235 e. The number of Topliss-reactive ketones (excluding diaryl/α,β-unsaturated/α-hetero) is 3. The molecule has 1 amide bonds. The number of benzene rings is 2. The second-order valence-corrected chi connectivity index (χ2v) is 11.0. The highest BCUT2D eigenvalue weighted by Gasteiger charge is 2.67. The molecule has 3 aliphatic carbocycles. The molecule has 10 heteroatoms. The van der Waals surface area contributed by atoms with E-state index in [0.29, 0.717) is 5.56 Å². The molecule has 0 saturated heterocycles. The van der Waals surface area contributed by atoms with Crippen molar-refractivity contribution in [3.05, 3.63) is 53.1 Å². The number of hydrogen-bond acceptors (Lipinski definition) is 9. The quantitative estimate of drug-likeness (QED) is 0.421. The van der Waals surface area contributed by atoms with E-state index >= 15 is 0 Å². The lowest BCUT2D eigenvalue weighted by atomic mass is 9.54. The van der Waals surface area contributed by atoms with E-state index in [1.165, 1.54) is 11.0 Å². The van der Waals surface area contributed by atoms with E-state index in [0.717, 1.165) is 16.8 Å². The molecule has 2 saturated carbocycles. The van der Waals surface area contributed by atoms with E-state index in [2.05, 4.69) is 0 Å². The summed E-state index contributed by atoms with van der Waals surface area (Å²) in [6.45, 7) is 0. The summed E-state index contributed by atoms with van der Waals surface area (Å²) in [4.78, 5) is 56.0. The first kappa shape index (κ1) is 26.6. The van der Waals surface area contributed by atoms with Crippen molar-refractivity contribution in [2.45, 2.75) is 24.5 Å². The zero-order chi connectivity index (χ0) is 28.5. The van der Waals surface area contributed by atoms with Gasteiger partial charge in [0.15, 0.2) is 23.1 Å². The largest absolute Gasteiger partial charge is 0.507 e. The van der Waals surface area contributed by atoms with Crippen LogP contribution in [-0.4, -0.2) is 83.3 Å². The average Bonchev–Trinajstić information content (AvgIpc) is 2.86. The second kappa shape index (κ2) is 9.03. The Kier molecular flexibility index (Phi) is 6.15. The summed E-state index contributed by atoms with van der Waals surface area (Å²) in [5, 5.41) is 33.8. The fourth-order valence-corrected chi connectivity index (χ4v) is 6.60. The number of aliphatic hydroxyl groups excluding tert-OH is 1. The number of phenols is 1. The van der Waals surface area contributed by atoms with Crippen LogP contribution in [0.4, 0.5) is 5.69 Å². The van der Waals surface area contributed by atoms with Crippen molar-refractivity contribution in [1.82, 2.24) is 4.90 Å². The molecular weight excluding hydrogens is 502 g/mol. The maximum absolute atomic E-state index is 13.9. The Morgan fingerprint density at radius 3 is 2.21 bits per heavy atom. The predicted molar refractivity (Wildman–Crippen MR) is 143 cm³/mol. The molecule has 0 spiro atoms. The minimum absolute atomic E-state index is 0.0154. The van der Waals surface area contributed by atoms with E-state index < -0.39 is 58.4 Å². The van der Waals surface area contributed by atoms with Gasteiger partial charge in [0, 0.05) is 31.3 Å². The lowest BCUT2D eigenvalue weighted by Gasteiger charge is -2.51. The predicted octanol–water partition coefficient (Wildman–Crippen LogP) is 1.07. The first-order chi connectivity index (χ1) is 18.3. The summed E-state index contributed by atoms with van der Waals surface area (Å²) in [6.07, 6.45) is 0.232. The van der Waals surface area contributed by atoms with Crippen LogP contribution in [0.2, 0.25) is 0 Å². The van der Waals surface area contributed by atoms with Crippen molar-refractivity contribution in [1.29, 1.82) is 0 Å². The summed E-state index contributed by atoms with van der Waals surface area (Å²) in [7, 11) is 6.98. The van der Waals surface area contributed by atoms with Crippen LogP contribution < -0.4 is 10.6 Å². The van der Waals surface area contributed by atoms with Crippen molar-refractivity contribution in [2.75, 3.05) is 33.1 Å². The third kappa shape index (κ3) is 3.70. The summed E-state index contributed by atoms with van der Waals surface area (Å²) >= 11 is 0. The SMILES string of the molecule is CN(C)c1ccc(-c2ccc(O)c3c2C[C@H]2C[C@H]4[C@H](N(C)C)C(=O)C(C(N)=O)C(=O)[C@@]4(O)C(=O)C2=C3O)cc1. The number of hydrogen-bond donors (Lipinski definition) is 4. The number of rotatable bonds is 4. The molecule has 5 atom stereocenters. The van der Waals surface area contributed by atoms with Crippen LogP contribution >= 0.6 is 0 Å². The molecule has 2 aromatic carbocycles. The summed E-state index contributed by atoms with van der Waals surface area (Å²) in [6, 6.07) is 9.78. The van der Waals surface area contributed by atoms with Gasteiger partial charge in [-0.2, -0.15) is 0 Å². The van der Waals surface area contributed by atoms with Crippen molar-refractivity contribution in [3.8, 4) is 16.9 Å². The highest BCUT2D eigenvalue weighted by molar-refractivity contribution is 6.32. The number of phenolic OH excluding ortho intramolecular Hbond substituents is 1. The monoisotopic (exact) mass is 533 g/mol. The van der Waals surface area contributed by atoms with Gasteiger partial charge in [-0.15, -0.1) is 0 Å². The average molecular weight is 534 g/mol. The highest BCUT2D eigenvalue weighted by atomic mass is 16.3. The zero-order valence-electron chi connectivity index (χ0n) is 22.1. The summed E-state index contributed by atoms with van der Waals surface area (Å²) in [5.74, 6) is -8.90. The van der Waals surface area contributed by atoms with Crippen LogP contribution in [0.3, 0.4) is 0 Å². The van der Waals surface area contributed by atoms with E-state index in [4.69, 9.17) is 5.73 Å². The number of fused-ring (bicyclic) bond motifs is 3. The lowest BCUT2D eigenvalue weighted by Crippen LogP contribution is -2.72. The number of primary amides is 1. The first-order valence-corrected chi connectivity index (χ1v) is 12.7. The molecule has 2 fully saturated rings. The molecule has 0 aliphatic heterocycles. The molecule has 5 rings (SSSR count). The highest BCUT2D eigenvalue weighted by Crippen LogP contribution is 2.52. The van der Waals surface area contributed by atoms with Crippen LogP contribution in [0.15, 0.2) is 42.0 Å². The van der Waals surface area contributed by atoms with Crippen molar-refractivity contribution >= 4 is 34.7 Å². The number of aliphatic hydroxyl groups is 2. The summed E-state index contributed by atoms with van der Waals surface area (Å²) in [5.41, 5.74) is 5.68. The van der Waals surface area contributed by atoms with Crippen molar-refractivity contribution in [3.63, 3.8) is 0 Å². The smallest absolute Gasteiger partial charge is 0.235 e. The number of likely N-dealkylation sites (N-methyl/N-ethyl adjacent to an activating group) is 1. The van der Waals surface area contributed by atoms with Gasteiger partial charge in [-0.3, -0.25) is 24.1 Å². The molecule has 39 heavy (non-hydrogen) atoms. The third-order valence-corrected chi connectivity index (χ3v) is 8.44. The van der Waals surface area contributed by atoms with Gasteiger partial charge in [0.05, 0.1) is 11.6 Å².